The van der Waals surface area contributed by atoms with Gasteiger partial charge in [-0.25, -0.2) is 0 Å². The Labute approximate surface area is 112 Å². The summed E-state index contributed by atoms with van der Waals surface area (Å²) in [4.78, 5) is 16.5. The SMILES string of the molecule is CN1CCCN(C(=O)c2ccc(N)cc2Cl)CC1. The normalized spacial score (nSPS) is 17.6. The molecule has 0 saturated carbocycles. The fourth-order valence-electron chi connectivity index (χ4n) is 2.12. The summed E-state index contributed by atoms with van der Waals surface area (Å²) in [5.74, 6) is -0.00435. The lowest BCUT2D eigenvalue weighted by molar-refractivity contribution is 0.0763. The zero-order valence-electron chi connectivity index (χ0n) is 10.5. The number of benzene rings is 1. The number of likely N-dealkylation sites (N-methyl/N-ethyl adjacent to an activating group) is 1. The van der Waals surface area contributed by atoms with Crippen LogP contribution in [0.5, 0.6) is 0 Å². The van der Waals surface area contributed by atoms with Crippen LogP contribution < -0.4 is 5.73 Å². The molecule has 1 fully saturated rings. The van der Waals surface area contributed by atoms with Gasteiger partial charge < -0.3 is 15.5 Å². The third-order valence-corrected chi connectivity index (χ3v) is 3.54. The number of nitrogens with zero attached hydrogens (tertiary/aromatic N) is 2. The largest absolute Gasteiger partial charge is 0.399 e. The van der Waals surface area contributed by atoms with Crippen LogP contribution in [0.3, 0.4) is 0 Å². The average molecular weight is 268 g/mol. The lowest BCUT2D eigenvalue weighted by Gasteiger charge is -2.21. The number of carbonyl (C=O) groups excluding carboxylic acids is 1. The molecule has 0 bridgehead atoms. The van der Waals surface area contributed by atoms with Gasteiger partial charge in [0, 0.05) is 25.3 Å². The maximum Gasteiger partial charge on any atom is 0.255 e. The molecule has 0 atom stereocenters. The molecule has 4 nitrogen and oxygen atoms in total. The predicted molar refractivity (Wildman–Crippen MR) is 73.9 cm³/mol. The summed E-state index contributed by atoms with van der Waals surface area (Å²) in [6.45, 7) is 3.46. The first-order valence-electron chi connectivity index (χ1n) is 6.11. The van der Waals surface area contributed by atoms with E-state index in [9.17, 15) is 4.79 Å². The summed E-state index contributed by atoms with van der Waals surface area (Å²) in [7, 11) is 2.07. The van der Waals surface area contributed by atoms with Crippen molar-refractivity contribution in [2.24, 2.45) is 0 Å². The van der Waals surface area contributed by atoms with Gasteiger partial charge in [-0.3, -0.25) is 4.79 Å². The number of rotatable bonds is 1. The van der Waals surface area contributed by atoms with E-state index in [0.29, 0.717) is 16.3 Å². The van der Waals surface area contributed by atoms with E-state index in [4.69, 9.17) is 17.3 Å². The molecule has 1 aliphatic rings. The quantitative estimate of drug-likeness (QED) is 0.788. The molecule has 1 heterocycles. The molecule has 0 aliphatic carbocycles. The summed E-state index contributed by atoms with van der Waals surface area (Å²) >= 11 is 6.08. The van der Waals surface area contributed by atoms with E-state index < -0.39 is 0 Å². The summed E-state index contributed by atoms with van der Waals surface area (Å²) in [6, 6.07) is 5.04. The van der Waals surface area contributed by atoms with Crippen molar-refractivity contribution in [3.63, 3.8) is 0 Å². The van der Waals surface area contributed by atoms with Gasteiger partial charge in [0.2, 0.25) is 0 Å². The maximum atomic E-state index is 12.4. The summed E-state index contributed by atoms with van der Waals surface area (Å²) in [6.07, 6.45) is 0.995. The molecular formula is C13H18ClN3O. The van der Waals surface area contributed by atoms with Crippen molar-refractivity contribution in [2.75, 3.05) is 39.0 Å². The van der Waals surface area contributed by atoms with E-state index in [-0.39, 0.29) is 5.91 Å². The molecule has 18 heavy (non-hydrogen) atoms. The molecule has 1 aromatic rings. The van der Waals surface area contributed by atoms with Gasteiger partial charge in [0.1, 0.15) is 0 Å². The maximum absolute atomic E-state index is 12.4. The minimum atomic E-state index is -0.00435. The lowest BCUT2D eigenvalue weighted by atomic mass is 10.1. The second kappa shape index (κ2) is 5.59. The van der Waals surface area contributed by atoms with Gasteiger partial charge in [0.15, 0.2) is 0 Å². The predicted octanol–water partition coefficient (Wildman–Crippen LogP) is 1.70. The molecule has 1 aliphatic heterocycles. The van der Waals surface area contributed by atoms with E-state index in [1.54, 1.807) is 18.2 Å². The first-order chi connectivity index (χ1) is 8.58. The number of nitrogen functional groups attached to an aromatic ring is 1. The molecule has 1 amide bonds. The second-order valence-electron chi connectivity index (χ2n) is 4.69. The number of hydrogen-bond acceptors (Lipinski definition) is 3. The molecule has 1 saturated heterocycles. The van der Waals surface area contributed by atoms with E-state index in [0.717, 1.165) is 32.6 Å². The summed E-state index contributed by atoms with van der Waals surface area (Å²) < 4.78 is 0. The highest BCUT2D eigenvalue weighted by Crippen LogP contribution is 2.21. The summed E-state index contributed by atoms with van der Waals surface area (Å²) in [5.41, 5.74) is 6.75. The molecule has 2 rings (SSSR count). The third-order valence-electron chi connectivity index (χ3n) is 3.23. The van der Waals surface area contributed by atoms with E-state index in [2.05, 4.69) is 11.9 Å². The van der Waals surface area contributed by atoms with Crippen LogP contribution in [0.25, 0.3) is 0 Å². The molecule has 0 spiro atoms. The van der Waals surface area contributed by atoms with Crippen LogP contribution in [0.15, 0.2) is 18.2 Å². The van der Waals surface area contributed by atoms with Gasteiger partial charge in [-0.2, -0.15) is 0 Å². The van der Waals surface area contributed by atoms with Crippen molar-refractivity contribution in [2.45, 2.75) is 6.42 Å². The fourth-order valence-corrected chi connectivity index (χ4v) is 2.39. The van der Waals surface area contributed by atoms with E-state index in [1.165, 1.54) is 0 Å². The minimum Gasteiger partial charge on any atom is -0.399 e. The number of anilines is 1. The summed E-state index contributed by atoms with van der Waals surface area (Å²) in [5, 5.41) is 0.428. The Bertz CT molecular complexity index is 450. The van der Waals surface area contributed by atoms with Crippen molar-refractivity contribution >= 4 is 23.2 Å². The van der Waals surface area contributed by atoms with Crippen LogP contribution in [-0.4, -0.2) is 48.9 Å². The molecule has 98 valence electrons. The Morgan fingerprint density at radius 2 is 2.06 bits per heavy atom. The van der Waals surface area contributed by atoms with Crippen molar-refractivity contribution in [1.29, 1.82) is 0 Å². The van der Waals surface area contributed by atoms with Gasteiger partial charge in [0.05, 0.1) is 10.6 Å². The van der Waals surface area contributed by atoms with E-state index in [1.807, 2.05) is 4.90 Å². The van der Waals surface area contributed by atoms with E-state index >= 15 is 0 Å². The number of nitrogens with two attached hydrogens (primary N) is 1. The Morgan fingerprint density at radius 3 is 2.78 bits per heavy atom. The number of halogens is 1. The van der Waals surface area contributed by atoms with Crippen LogP contribution in [-0.2, 0) is 0 Å². The number of carbonyl (C=O) groups is 1. The topological polar surface area (TPSA) is 49.6 Å². The van der Waals surface area contributed by atoms with Crippen LogP contribution in [0.1, 0.15) is 16.8 Å². The molecule has 0 aromatic heterocycles. The molecule has 0 radical (unpaired) electrons. The van der Waals surface area contributed by atoms with Gasteiger partial charge >= 0.3 is 0 Å². The highest BCUT2D eigenvalue weighted by Gasteiger charge is 2.20. The molecule has 1 aromatic carbocycles. The lowest BCUT2D eigenvalue weighted by Crippen LogP contribution is -2.34. The van der Waals surface area contributed by atoms with Crippen LogP contribution in [0, 0.1) is 0 Å². The second-order valence-corrected chi connectivity index (χ2v) is 5.10. The average Bonchev–Trinajstić information content (AvgIpc) is 2.53. The standard InChI is InChI=1S/C13H18ClN3O/c1-16-5-2-6-17(8-7-16)13(18)11-4-3-10(15)9-12(11)14/h3-4,9H,2,5-8,15H2,1H3. The molecule has 2 N–H and O–H groups in total. The van der Waals surface area contributed by atoms with Gasteiger partial charge in [0.25, 0.3) is 5.91 Å². The van der Waals surface area contributed by atoms with Crippen LogP contribution >= 0.6 is 11.6 Å². The zero-order chi connectivity index (χ0) is 13.1. The van der Waals surface area contributed by atoms with Gasteiger partial charge in [-0.05, 0) is 38.2 Å². The van der Waals surface area contributed by atoms with Crippen molar-refractivity contribution in [3.8, 4) is 0 Å². The number of amides is 1. The molecule has 5 heteroatoms. The smallest absolute Gasteiger partial charge is 0.255 e. The van der Waals surface area contributed by atoms with Crippen molar-refractivity contribution in [3.05, 3.63) is 28.8 Å². The highest BCUT2D eigenvalue weighted by molar-refractivity contribution is 6.34. The third kappa shape index (κ3) is 2.94. The van der Waals surface area contributed by atoms with Gasteiger partial charge in [-0.1, -0.05) is 11.6 Å². The minimum absolute atomic E-state index is 0.00435. The number of hydrogen-bond donors (Lipinski definition) is 1. The molecular weight excluding hydrogens is 250 g/mol. The first kappa shape index (κ1) is 13.2. The highest BCUT2D eigenvalue weighted by atomic mass is 35.5. The monoisotopic (exact) mass is 267 g/mol. The first-order valence-corrected chi connectivity index (χ1v) is 6.48. The van der Waals surface area contributed by atoms with Crippen molar-refractivity contribution < 1.29 is 4.79 Å². The van der Waals surface area contributed by atoms with Crippen molar-refractivity contribution in [1.82, 2.24) is 9.80 Å². The van der Waals surface area contributed by atoms with Crippen LogP contribution in [0.4, 0.5) is 5.69 Å². The zero-order valence-corrected chi connectivity index (χ0v) is 11.3. The Hall–Kier alpha value is -1.26. The Kier molecular flexibility index (Phi) is 4.09. The van der Waals surface area contributed by atoms with Gasteiger partial charge in [-0.15, -0.1) is 0 Å². The Morgan fingerprint density at radius 1 is 1.28 bits per heavy atom. The van der Waals surface area contributed by atoms with Crippen LogP contribution in [0.2, 0.25) is 5.02 Å². The fraction of sp³-hybridized carbons (Fsp3) is 0.462. The molecule has 0 unspecified atom stereocenters. The Balaban J connectivity index is 2.15.